The maximum atomic E-state index is 14.0. The Kier molecular flexibility index (Phi) is 11.4. The highest BCUT2D eigenvalue weighted by atomic mass is 35.5. The first-order chi connectivity index (χ1) is 16.5. The lowest BCUT2D eigenvalue weighted by Gasteiger charge is -2.43. The molecule has 0 spiro atoms. The average molecular weight is 648 g/mol. The van der Waals surface area contributed by atoms with E-state index in [0.29, 0.717) is 4.90 Å². The molecule has 0 aromatic heterocycles. The van der Waals surface area contributed by atoms with Crippen LogP contribution in [0.2, 0.25) is 0 Å². The van der Waals surface area contributed by atoms with Crippen LogP contribution in [0.15, 0.2) is 0 Å². The standard InChI is InChI=1S/C16H16Cl2F17NO2/c17-3-7(37)5-36(6-8(38)4-18)2-1-9(19,20)10(21,22)11(23,24)12(25,26)13(27,28)14(29,30)15(31,32)16(33,34)35/h7-8,37-38H,1-6H2. The van der Waals surface area contributed by atoms with Crippen LogP contribution in [0.3, 0.4) is 0 Å². The van der Waals surface area contributed by atoms with Crippen molar-refractivity contribution in [3.8, 4) is 0 Å². The summed E-state index contributed by atoms with van der Waals surface area (Å²) in [5, 5.41) is 18.8. The van der Waals surface area contributed by atoms with E-state index in [1.54, 1.807) is 0 Å². The summed E-state index contributed by atoms with van der Waals surface area (Å²) in [6.45, 7) is -3.42. The lowest BCUT2D eigenvalue weighted by molar-refractivity contribution is -0.461. The van der Waals surface area contributed by atoms with E-state index in [2.05, 4.69) is 0 Å². The summed E-state index contributed by atoms with van der Waals surface area (Å²) in [6, 6.07) is 0. The molecule has 22 heteroatoms. The summed E-state index contributed by atoms with van der Waals surface area (Å²) < 4.78 is 226. The molecule has 0 saturated heterocycles. The SMILES string of the molecule is OC(CCl)CN(CCC(F)(F)C(F)(F)C(F)(F)C(F)(F)C(F)(F)C(F)(F)C(F)(F)C(F)(F)F)CC(O)CCl. The van der Waals surface area contributed by atoms with E-state index in [-0.39, 0.29) is 0 Å². The summed E-state index contributed by atoms with van der Waals surface area (Å²) in [5.74, 6) is -58.2. The van der Waals surface area contributed by atoms with Gasteiger partial charge in [-0.2, -0.15) is 74.6 Å². The molecule has 0 bridgehead atoms. The molecule has 0 fully saturated rings. The maximum absolute atomic E-state index is 14.0. The Labute approximate surface area is 211 Å². The molecule has 0 aliphatic heterocycles. The van der Waals surface area contributed by atoms with Crippen LogP contribution in [0.4, 0.5) is 74.6 Å². The number of halogens is 19. The molecule has 2 N–H and O–H groups in total. The molecule has 0 aromatic carbocycles. The highest BCUT2D eigenvalue weighted by molar-refractivity contribution is 6.18. The van der Waals surface area contributed by atoms with Crippen LogP contribution < -0.4 is 0 Å². The monoisotopic (exact) mass is 647 g/mol. The second-order valence-corrected chi connectivity index (χ2v) is 8.39. The minimum Gasteiger partial charge on any atom is -0.391 e. The van der Waals surface area contributed by atoms with Crippen molar-refractivity contribution in [2.24, 2.45) is 0 Å². The summed E-state index contributed by atoms with van der Waals surface area (Å²) in [5.41, 5.74) is 0. The van der Waals surface area contributed by atoms with Gasteiger partial charge in [0.15, 0.2) is 0 Å². The van der Waals surface area contributed by atoms with Gasteiger partial charge in [-0.05, 0) is 0 Å². The van der Waals surface area contributed by atoms with Crippen LogP contribution in [-0.2, 0) is 0 Å². The smallest absolute Gasteiger partial charge is 0.391 e. The van der Waals surface area contributed by atoms with Crippen molar-refractivity contribution in [2.45, 2.75) is 66.3 Å². The first-order valence-electron chi connectivity index (χ1n) is 9.45. The molecule has 0 aliphatic carbocycles. The number of hydrogen-bond acceptors (Lipinski definition) is 3. The van der Waals surface area contributed by atoms with Gasteiger partial charge < -0.3 is 10.2 Å². The molecule has 0 aromatic rings. The third kappa shape index (κ3) is 6.43. The van der Waals surface area contributed by atoms with Gasteiger partial charge in [0.1, 0.15) is 0 Å². The van der Waals surface area contributed by atoms with Gasteiger partial charge in [0.25, 0.3) is 0 Å². The van der Waals surface area contributed by atoms with Gasteiger partial charge >= 0.3 is 47.6 Å². The second-order valence-electron chi connectivity index (χ2n) is 7.77. The van der Waals surface area contributed by atoms with Crippen molar-refractivity contribution in [1.29, 1.82) is 0 Å². The summed E-state index contributed by atoms with van der Waals surface area (Å²) >= 11 is 10.4. The van der Waals surface area contributed by atoms with E-state index in [9.17, 15) is 84.9 Å². The molecule has 38 heavy (non-hydrogen) atoms. The highest BCUT2D eigenvalue weighted by Gasteiger charge is 2.95. The van der Waals surface area contributed by atoms with Gasteiger partial charge in [-0.3, -0.25) is 4.90 Å². The molecule has 0 amide bonds. The molecule has 0 radical (unpaired) electrons. The van der Waals surface area contributed by atoms with Crippen molar-refractivity contribution in [3.63, 3.8) is 0 Å². The number of aliphatic hydroxyl groups is 2. The van der Waals surface area contributed by atoms with Gasteiger partial charge in [-0.15, -0.1) is 23.2 Å². The van der Waals surface area contributed by atoms with E-state index in [4.69, 9.17) is 23.2 Å². The van der Waals surface area contributed by atoms with E-state index in [0.717, 1.165) is 0 Å². The Bertz CT molecular complexity index is 766. The highest BCUT2D eigenvalue weighted by Crippen LogP contribution is 2.64. The first kappa shape index (κ1) is 37.3. The zero-order valence-electron chi connectivity index (χ0n) is 17.9. The number of rotatable bonds is 15. The molecule has 0 saturated carbocycles. The number of hydrogen-bond donors (Lipinski definition) is 2. The fourth-order valence-electron chi connectivity index (χ4n) is 2.60. The first-order valence-corrected chi connectivity index (χ1v) is 10.5. The zero-order chi connectivity index (χ0) is 31.0. The van der Waals surface area contributed by atoms with E-state index in [1.807, 2.05) is 0 Å². The minimum atomic E-state index is -8.69. The van der Waals surface area contributed by atoms with E-state index >= 15 is 0 Å². The number of aliphatic hydroxyl groups excluding tert-OH is 2. The van der Waals surface area contributed by atoms with E-state index < -0.39 is 97.7 Å². The van der Waals surface area contributed by atoms with Crippen molar-refractivity contribution in [2.75, 3.05) is 31.4 Å². The quantitative estimate of drug-likeness (QED) is 0.172. The van der Waals surface area contributed by atoms with Crippen LogP contribution in [0.5, 0.6) is 0 Å². The molecule has 230 valence electrons. The topological polar surface area (TPSA) is 43.7 Å². The van der Waals surface area contributed by atoms with Crippen LogP contribution in [0, 0.1) is 0 Å². The zero-order valence-corrected chi connectivity index (χ0v) is 19.4. The van der Waals surface area contributed by atoms with Crippen LogP contribution in [0.25, 0.3) is 0 Å². The molecular formula is C16H16Cl2F17NO2. The fourth-order valence-corrected chi connectivity index (χ4v) is 2.80. The minimum absolute atomic E-state index is 0.382. The lowest BCUT2D eigenvalue weighted by atomic mass is 9.88. The van der Waals surface area contributed by atoms with Gasteiger partial charge in [0.05, 0.1) is 12.2 Å². The van der Waals surface area contributed by atoms with Gasteiger partial charge in [-0.1, -0.05) is 0 Å². The predicted octanol–water partition coefficient (Wildman–Crippen LogP) is 5.89. The molecule has 0 aliphatic rings. The van der Waals surface area contributed by atoms with E-state index in [1.165, 1.54) is 0 Å². The van der Waals surface area contributed by atoms with Crippen LogP contribution in [-0.4, -0.2) is 106 Å². The van der Waals surface area contributed by atoms with Crippen molar-refractivity contribution >= 4 is 23.2 Å². The largest absolute Gasteiger partial charge is 0.460 e. The van der Waals surface area contributed by atoms with Gasteiger partial charge in [0, 0.05) is 37.8 Å². The summed E-state index contributed by atoms with van der Waals surface area (Å²) in [7, 11) is 0. The van der Waals surface area contributed by atoms with Crippen molar-refractivity contribution in [3.05, 3.63) is 0 Å². The predicted molar refractivity (Wildman–Crippen MR) is 95.2 cm³/mol. The number of nitrogens with zero attached hydrogens (tertiary/aromatic N) is 1. The molecule has 2 atom stereocenters. The van der Waals surface area contributed by atoms with Crippen molar-refractivity contribution < 1.29 is 84.9 Å². The van der Waals surface area contributed by atoms with Crippen molar-refractivity contribution in [1.82, 2.24) is 4.90 Å². The Morgan fingerprint density at radius 3 is 1.08 bits per heavy atom. The molecule has 3 nitrogen and oxygen atoms in total. The average Bonchev–Trinajstić information content (AvgIpc) is 2.75. The van der Waals surface area contributed by atoms with Gasteiger partial charge in [-0.25, -0.2) is 0 Å². The molecule has 0 rings (SSSR count). The van der Waals surface area contributed by atoms with Gasteiger partial charge in [0.2, 0.25) is 0 Å². The third-order valence-corrected chi connectivity index (χ3v) is 5.54. The Hall–Kier alpha value is -0.730. The van der Waals surface area contributed by atoms with Crippen LogP contribution >= 0.6 is 23.2 Å². The Morgan fingerprint density at radius 2 is 0.789 bits per heavy atom. The number of alkyl halides is 19. The second kappa shape index (κ2) is 11.6. The molecule has 2 unspecified atom stereocenters. The Morgan fingerprint density at radius 1 is 0.500 bits per heavy atom. The third-order valence-electron chi connectivity index (χ3n) is 4.82. The fraction of sp³-hybridized carbons (Fsp3) is 1.00. The van der Waals surface area contributed by atoms with Crippen LogP contribution in [0.1, 0.15) is 6.42 Å². The normalized spacial score (nSPS) is 17.2. The maximum Gasteiger partial charge on any atom is 0.460 e. The lowest BCUT2D eigenvalue weighted by Crippen LogP contribution is -2.74. The molecule has 0 heterocycles. The summed E-state index contributed by atoms with van der Waals surface area (Å²) in [4.78, 5) is 0.382. The summed E-state index contributed by atoms with van der Waals surface area (Å²) in [6.07, 6.45) is -13.9. The Balaban J connectivity index is 6.39. The molecular weight excluding hydrogens is 632 g/mol.